The number of anilines is 1. The highest BCUT2D eigenvalue weighted by Crippen LogP contribution is 2.32. The van der Waals surface area contributed by atoms with Gasteiger partial charge in [0.15, 0.2) is 0 Å². The van der Waals surface area contributed by atoms with E-state index in [1.807, 2.05) is 17.0 Å². The summed E-state index contributed by atoms with van der Waals surface area (Å²) in [6.07, 6.45) is 2.68. The van der Waals surface area contributed by atoms with Crippen LogP contribution in [0.2, 0.25) is 0 Å². The molecule has 1 aliphatic rings. The summed E-state index contributed by atoms with van der Waals surface area (Å²) < 4.78 is 0.969. The Kier molecular flexibility index (Phi) is 3.35. The molecule has 3 rings (SSSR count). The molecular formula is C13H16N4OS. The van der Waals surface area contributed by atoms with Crippen LogP contribution in [0.1, 0.15) is 16.1 Å². The third-order valence-corrected chi connectivity index (χ3v) is 4.45. The number of rotatable bonds is 1. The average molecular weight is 276 g/mol. The van der Waals surface area contributed by atoms with E-state index in [1.54, 1.807) is 6.20 Å². The Labute approximate surface area is 115 Å². The fourth-order valence-corrected chi connectivity index (χ4v) is 3.35. The number of nitrogen functional groups attached to an aromatic ring is 1. The molecule has 0 bridgehead atoms. The molecule has 0 aliphatic carbocycles. The largest absolute Gasteiger partial charge is 0.396 e. The highest BCUT2D eigenvalue weighted by molar-refractivity contribution is 7.21. The van der Waals surface area contributed by atoms with E-state index in [9.17, 15) is 4.79 Å². The molecular weight excluding hydrogens is 260 g/mol. The molecule has 0 radical (unpaired) electrons. The number of nitrogens with two attached hydrogens (primary N) is 1. The number of carbonyl (C=O) groups excluding carboxylic acids is 1. The zero-order chi connectivity index (χ0) is 13.2. The molecule has 1 amide bonds. The molecule has 0 unspecified atom stereocenters. The van der Waals surface area contributed by atoms with Crippen LogP contribution in [-0.2, 0) is 0 Å². The fourth-order valence-electron chi connectivity index (χ4n) is 2.30. The average Bonchev–Trinajstić information content (AvgIpc) is 2.64. The van der Waals surface area contributed by atoms with E-state index in [0.717, 1.165) is 42.8 Å². The van der Waals surface area contributed by atoms with E-state index >= 15 is 0 Å². The van der Waals surface area contributed by atoms with E-state index in [-0.39, 0.29) is 5.91 Å². The summed E-state index contributed by atoms with van der Waals surface area (Å²) in [7, 11) is 0. The topological polar surface area (TPSA) is 71.2 Å². The van der Waals surface area contributed by atoms with Gasteiger partial charge in [-0.2, -0.15) is 0 Å². The Morgan fingerprint density at radius 2 is 2.32 bits per heavy atom. The highest BCUT2D eigenvalue weighted by Gasteiger charge is 2.22. The van der Waals surface area contributed by atoms with Crippen molar-refractivity contribution >= 4 is 33.1 Å². The van der Waals surface area contributed by atoms with Crippen molar-refractivity contribution in [2.45, 2.75) is 6.42 Å². The summed E-state index contributed by atoms with van der Waals surface area (Å²) in [6, 6.07) is 3.81. The minimum atomic E-state index is 0.0317. The Bertz CT molecular complexity index is 602. The minimum Gasteiger partial charge on any atom is -0.396 e. The summed E-state index contributed by atoms with van der Waals surface area (Å²) in [5.74, 6) is 0.0317. The predicted octanol–water partition coefficient (Wildman–Crippen LogP) is 1.31. The number of fused-ring (bicyclic) bond motifs is 1. The number of thiophene rings is 1. The summed E-state index contributed by atoms with van der Waals surface area (Å²) in [4.78, 5) is 19.3. The first kappa shape index (κ1) is 12.4. The molecule has 1 saturated heterocycles. The number of hydrogen-bond acceptors (Lipinski definition) is 5. The van der Waals surface area contributed by atoms with Gasteiger partial charge in [0.2, 0.25) is 0 Å². The van der Waals surface area contributed by atoms with Crippen molar-refractivity contribution in [1.29, 1.82) is 0 Å². The van der Waals surface area contributed by atoms with Gasteiger partial charge in [0.1, 0.15) is 10.4 Å². The lowest BCUT2D eigenvalue weighted by atomic mass is 10.3. The maximum Gasteiger partial charge on any atom is 0.266 e. The van der Waals surface area contributed by atoms with Crippen LogP contribution in [0.4, 0.5) is 5.69 Å². The van der Waals surface area contributed by atoms with Crippen molar-refractivity contribution in [3.8, 4) is 0 Å². The molecule has 1 fully saturated rings. The smallest absolute Gasteiger partial charge is 0.266 e. The summed E-state index contributed by atoms with van der Waals surface area (Å²) in [5, 5.41) is 3.29. The number of amides is 1. The van der Waals surface area contributed by atoms with Crippen molar-refractivity contribution in [3.63, 3.8) is 0 Å². The van der Waals surface area contributed by atoms with E-state index in [4.69, 9.17) is 5.73 Å². The Morgan fingerprint density at radius 1 is 1.42 bits per heavy atom. The molecule has 0 saturated carbocycles. The van der Waals surface area contributed by atoms with Crippen LogP contribution in [0.15, 0.2) is 18.3 Å². The summed E-state index contributed by atoms with van der Waals surface area (Å²) in [5.41, 5.74) is 7.33. The summed E-state index contributed by atoms with van der Waals surface area (Å²) >= 11 is 1.43. The Balaban J connectivity index is 1.94. The molecule has 0 atom stereocenters. The van der Waals surface area contributed by atoms with E-state index in [2.05, 4.69) is 10.3 Å². The van der Waals surface area contributed by atoms with Crippen molar-refractivity contribution < 1.29 is 4.79 Å². The molecule has 2 aromatic heterocycles. The van der Waals surface area contributed by atoms with Crippen LogP contribution in [-0.4, -0.2) is 42.0 Å². The molecule has 3 N–H and O–H groups in total. The first-order valence-corrected chi connectivity index (χ1v) is 7.22. The number of nitrogens with one attached hydrogen (secondary N) is 1. The molecule has 3 heterocycles. The molecule has 19 heavy (non-hydrogen) atoms. The maximum absolute atomic E-state index is 12.5. The predicted molar refractivity (Wildman–Crippen MR) is 77.4 cm³/mol. The van der Waals surface area contributed by atoms with Gasteiger partial charge in [0.05, 0.1) is 10.4 Å². The van der Waals surface area contributed by atoms with Crippen LogP contribution < -0.4 is 11.1 Å². The lowest BCUT2D eigenvalue weighted by Gasteiger charge is -2.19. The molecule has 6 heteroatoms. The zero-order valence-corrected chi connectivity index (χ0v) is 11.4. The number of carbonyl (C=O) groups is 1. The quantitative estimate of drug-likeness (QED) is 0.824. The van der Waals surface area contributed by atoms with Crippen LogP contribution in [0, 0.1) is 0 Å². The summed E-state index contributed by atoms with van der Waals surface area (Å²) in [6.45, 7) is 3.33. The minimum absolute atomic E-state index is 0.0317. The van der Waals surface area contributed by atoms with E-state index < -0.39 is 0 Å². The van der Waals surface area contributed by atoms with Gasteiger partial charge in [0, 0.05) is 25.8 Å². The standard InChI is InChI=1S/C13H16N4OS/c14-10-11-9(3-1-5-16-11)19-12(10)13(18)17-7-2-4-15-6-8-17/h1,3,5,15H,2,4,6-8,14H2. The van der Waals surface area contributed by atoms with Gasteiger partial charge < -0.3 is 16.0 Å². The second kappa shape index (κ2) is 5.14. The van der Waals surface area contributed by atoms with Crippen molar-refractivity contribution in [1.82, 2.24) is 15.2 Å². The second-order valence-corrected chi connectivity index (χ2v) is 5.64. The van der Waals surface area contributed by atoms with Gasteiger partial charge in [-0.3, -0.25) is 9.78 Å². The monoisotopic (exact) mass is 276 g/mol. The first-order valence-electron chi connectivity index (χ1n) is 6.40. The molecule has 0 spiro atoms. The Morgan fingerprint density at radius 3 is 3.16 bits per heavy atom. The van der Waals surface area contributed by atoms with E-state index in [1.165, 1.54) is 11.3 Å². The zero-order valence-electron chi connectivity index (χ0n) is 10.6. The SMILES string of the molecule is Nc1c(C(=O)N2CCCNCC2)sc2cccnc12. The second-order valence-electron chi connectivity index (χ2n) is 4.59. The lowest BCUT2D eigenvalue weighted by molar-refractivity contribution is 0.0772. The first-order chi connectivity index (χ1) is 9.27. The van der Waals surface area contributed by atoms with Gasteiger partial charge >= 0.3 is 0 Å². The Hall–Kier alpha value is -1.66. The fraction of sp³-hybridized carbons (Fsp3) is 0.385. The lowest BCUT2D eigenvalue weighted by Crippen LogP contribution is -2.34. The molecule has 5 nitrogen and oxygen atoms in total. The maximum atomic E-state index is 12.5. The number of hydrogen-bond donors (Lipinski definition) is 2. The third-order valence-electron chi connectivity index (χ3n) is 3.30. The van der Waals surface area contributed by atoms with Crippen LogP contribution in [0.5, 0.6) is 0 Å². The third kappa shape index (κ3) is 2.29. The van der Waals surface area contributed by atoms with Gasteiger partial charge in [-0.1, -0.05) is 0 Å². The van der Waals surface area contributed by atoms with Crippen LogP contribution in [0.25, 0.3) is 10.2 Å². The van der Waals surface area contributed by atoms with Crippen molar-refractivity contribution in [2.24, 2.45) is 0 Å². The number of pyridine rings is 1. The van der Waals surface area contributed by atoms with Gasteiger partial charge in [-0.05, 0) is 25.1 Å². The molecule has 1 aliphatic heterocycles. The van der Waals surface area contributed by atoms with Gasteiger partial charge in [-0.15, -0.1) is 11.3 Å². The van der Waals surface area contributed by atoms with Gasteiger partial charge in [0.25, 0.3) is 5.91 Å². The van der Waals surface area contributed by atoms with E-state index in [0.29, 0.717) is 10.6 Å². The highest BCUT2D eigenvalue weighted by atomic mass is 32.1. The molecule has 100 valence electrons. The van der Waals surface area contributed by atoms with Crippen LogP contribution in [0.3, 0.4) is 0 Å². The normalized spacial score (nSPS) is 16.5. The number of aromatic nitrogens is 1. The molecule has 0 aromatic carbocycles. The van der Waals surface area contributed by atoms with Gasteiger partial charge in [-0.25, -0.2) is 0 Å². The van der Waals surface area contributed by atoms with Crippen LogP contribution >= 0.6 is 11.3 Å². The van der Waals surface area contributed by atoms with Crippen molar-refractivity contribution in [2.75, 3.05) is 31.9 Å². The molecule has 2 aromatic rings. The number of nitrogens with zero attached hydrogens (tertiary/aromatic N) is 2. The van der Waals surface area contributed by atoms with Crippen molar-refractivity contribution in [3.05, 3.63) is 23.2 Å².